The molecule has 2 heterocycles. The monoisotopic (exact) mass is 415 g/mol. The summed E-state index contributed by atoms with van der Waals surface area (Å²) in [5.41, 5.74) is 3.38. The highest BCUT2D eigenvalue weighted by Gasteiger charge is 2.31. The van der Waals surface area contributed by atoms with Crippen LogP contribution in [-0.4, -0.2) is 21.1 Å². The van der Waals surface area contributed by atoms with Crippen LogP contribution in [0.2, 0.25) is 10.0 Å². The number of halogens is 2. The van der Waals surface area contributed by atoms with E-state index >= 15 is 0 Å². The topological polar surface area (TPSA) is 20.2 Å². The third-order valence-electron chi connectivity index (χ3n) is 4.84. The molecule has 0 aliphatic carbocycles. The van der Waals surface area contributed by atoms with Crippen LogP contribution in [0.3, 0.4) is 0 Å². The number of nitrogens with zero attached hydrogens (tertiary/aromatic N) is 2. The zero-order valence-corrected chi connectivity index (χ0v) is 16.9. The number of benzene rings is 2. The molecule has 1 aliphatic rings. The maximum Gasteiger partial charge on any atom is 0.170 e. The highest BCUT2D eigenvalue weighted by Crippen LogP contribution is 2.37. The molecule has 0 saturated carbocycles. The molecule has 1 aliphatic heterocycles. The minimum Gasteiger partial charge on any atom is -0.358 e. The molecule has 0 spiro atoms. The van der Waals surface area contributed by atoms with Gasteiger partial charge in [0.25, 0.3) is 0 Å². The van der Waals surface area contributed by atoms with Gasteiger partial charge in [-0.25, -0.2) is 0 Å². The summed E-state index contributed by atoms with van der Waals surface area (Å²) in [6.45, 7) is 2.39. The molecule has 1 aromatic heterocycles. The zero-order valence-electron chi connectivity index (χ0n) is 14.6. The molecule has 0 radical (unpaired) electrons. The number of thiocarbonyl (C=S) groups is 1. The zero-order chi connectivity index (χ0) is 18.8. The van der Waals surface area contributed by atoms with E-state index in [9.17, 15) is 0 Å². The summed E-state index contributed by atoms with van der Waals surface area (Å²) in [4.78, 5) is 2.21. The van der Waals surface area contributed by atoms with Crippen molar-refractivity contribution < 1.29 is 0 Å². The van der Waals surface area contributed by atoms with Crippen molar-refractivity contribution in [3.8, 4) is 0 Å². The van der Waals surface area contributed by atoms with E-state index in [2.05, 4.69) is 45.2 Å². The molecule has 27 heavy (non-hydrogen) atoms. The average Bonchev–Trinajstić information content (AvgIpc) is 3.15. The van der Waals surface area contributed by atoms with Gasteiger partial charge in [-0.2, -0.15) is 0 Å². The minimum absolute atomic E-state index is 0.0470. The Morgan fingerprint density at radius 1 is 1.04 bits per heavy atom. The van der Waals surface area contributed by atoms with Gasteiger partial charge in [0.1, 0.15) is 0 Å². The Bertz CT molecular complexity index is 955. The van der Waals surface area contributed by atoms with Crippen LogP contribution in [-0.2, 0) is 13.1 Å². The van der Waals surface area contributed by atoms with Crippen molar-refractivity contribution in [3.63, 3.8) is 0 Å². The quantitative estimate of drug-likeness (QED) is 0.587. The fourth-order valence-electron chi connectivity index (χ4n) is 3.53. The first-order chi connectivity index (χ1) is 13.1. The van der Waals surface area contributed by atoms with Crippen molar-refractivity contribution in [2.75, 3.05) is 6.54 Å². The van der Waals surface area contributed by atoms with Crippen molar-refractivity contribution in [1.29, 1.82) is 0 Å². The molecule has 0 amide bonds. The largest absolute Gasteiger partial charge is 0.358 e. The van der Waals surface area contributed by atoms with Crippen molar-refractivity contribution in [3.05, 3.63) is 93.7 Å². The highest BCUT2D eigenvalue weighted by molar-refractivity contribution is 7.80. The second kappa shape index (κ2) is 7.93. The Morgan fingerprint density at radius 3 is 2.63 bits per heavy atom. The second-order valence-electron chi connectivity index (χ2n) is 6.53. The van der Waals surface area contributed by atoms with Crippen LogP contribution >= 0.6 is 35.4 Å². The van der Waals surface area contributed by atoms with Crippen molar-refractivity contribution in [1.82, 2.24) is 14.8 Å². The van der Waals surface area contributed by atoms with Crippen LogP contribution in [0.15, 0.2) is 66.9 Å². The number of hydrogen-bond donors (Lipinski definition) is 1. The Balaban J connectivity index is 1.63. The smallest absolute Gasteiger partial charge is 0.170 e. The lowest BCUT2D eigenvalue weighted by atomic mass is 10.00. The molecule has 2 aromatic carbocycles. The first-order valence-corrected chi connectivity index (χ1v) is 9.98. The molecule has 3 aromatic rings. The predicted octanol–water partition coefficient (Wildman–Crippen LogP) is 5.27. The molecule has 0 fully saturated rings. The lowest BCUT2D eigenvalue weighted by Crippen LogP contribution is -2.47. The molecule has 1 N–H and O–H groups in total. The maximum atomic E-state index is 6.56. The minimum atomic E-state index is -0.0470. The normalized spacial score (nSPS) is 16.1. The van der Waals surface area contributed by atoms with Gasteiger partial charge in [0.15, 0.2) is 5.11 Å². The van der Waals surface area contributed by atoms with Crippen LogP contribution in [0, 0.1) is 0 Å². The van der Waals surface area contributed by atoms with Gasteiger partial charge in [-0.15, -0.1) is 0 Å². The van der Waals surface area contributed by atoms with E-state index in [1.165, 1.54) is 11.3 Å². The van der Waals surface area contributed by atoms with E-state index in [1.54, 1.807) is 6.07 Å². The Hall–Kier alpha value is -2.01. The van der Waals surface area contributed by atoms with Crippen LogP contribution < -0.4 is 5.32 Å². The van der Waals surface area contributed by atoms with E-state index in [1.807, 2.05) is 30.3 Å². The standard InChI is InChI=1S/C21H19Cl2N3S/c22-16-8-9-17(18(23)13-16)20-19-7-4-10-25(19)11-12-26(20)21(27)24-14-15-5-2-1-3-6-15/h1-10,13,20H,11-12,14H2,(H,24,27). The molecule has 3 nitrogen and oxygen atoms in total. The number of rotatable bonds is 3. The fourth-order valence-corrected chi connectivity index (χ4v) is 4.31. The van der Waals surface area contributed by atoms with Gasteiger partial charge in [-0.3, -0.25) is 0 Å². The third-order valence-corrected chi connectivity index (χ3v) is 5.78. The fraction of sp³-hybridized carbons (Fsp3) is 0.190. The van der Waals surface area contributed by atoms with Gasteiger partial charge in [-0.1, -0.05) is 59.6 Å². The van der Waals surface area contributed by atoms with E-state index in [-0.39, 0.29) is 6.04 Å². The van der Waals surface area contributed by atoms with Gasteiger partial charge in [0, 0.05) is 41.6 Å². The van der Waals surface area contributed by atoms with Crippen LogP contribution in [0.25, 0.3) is 0 Å². The number of hydrogen-bond acceptors (Lipinski definition) is 1. The van der Waals surface area contributed by atoms with Crippen LogP contribution in [0.1, 0.15) is 22.9 Å². The first kappa shape index (κ1) is 18.4. The van der Waals surface area contributed by atoms with E-state index in [4.69, 9.17) is 35.4 Å². The molecule has 4 rings (SSSR count). The number of fused-ring (bicyclic) bond motifs is 1. The van der Waals surface area contributed by atoms with E-state index in [0.29, 0.717) is 16.6 Å². The summed E-state index contributed by atoms with van der Waals surface area (Å²) in [5, 5.41) is 5.41. The third kappa shape index (κ3) is 3.84. The summed E-state index contributed by atoms with van der Waals surface area (Å²) in [5.74, 6) is 0. The predicted molar refractivity (Wildman–Crippen MR) is 115 cm³/mol. The molecule has 1 atom stereocenters. The lowest BCUT2D eigenvalue weighted by Gasteiger charge is -2.39. The van der Waals surface area contributed by atoms with Gasteiger partial charge in [0.05, 0.1) is 6.04 Å². The molecular formula is C21H19Cl2N3S. The number of aromatic nitrogens is 1. The summed E-state index contributed by atoms with van der Waals surface area (Å²) in [6.07, 6.45) is 2.10. The first-order valence-electron chi connectivity index (χ1n) is 8.82. The van der Waals surface area contributed by atoms with Crippen LogP contribution in [0.4, 0.5) is 0 Å². The molecule has 1 unspecified atom stereocenters. The van der Waals surface area contributed by atoms with Gasteiger partial charge in [-0.05, 0) is 47.6 Å². The van der Waals surface area contributed by atoms with Crippen molar-refractivity contribution in [2.45, 2.75) is 19.1 Å². The number of nitrogens with one attached hydrogen (secondary N) is 1. The van der Waals surface area contributed by atoms with Gasteiger partial charge < -0.3 is 14.8 Å². The Labute approximate surface area is 174 Å². The van der Waals surface area contributed by atoms with Gasteiger partial charge in [0.2, 0.25) is 0 Å². The summed E-state index contributed by atoms with van der Waals surface area (Å²) in [6, 6.07) is 20.1. The van der Waals surface area contributed by atoms with E-state index < -0.39 is 0 Å². The maximum absolute atomic E-state index is 6.56. The highest BCUT2D eigenvalue weighted by atomic mass is 35.5. The van der Waals surface area contributed by atoms with Crippen LogP contribution in [0.5, 0.6) is 0 Å². The molecule has 138 valence electrons. The summed E-state index contributed by atoms with van der Waals surface area (Å²) < 4.78 is 2.26. The lowest BCUT2D eigenvalue weighted by molar-refractivity contribution is 0.286. The summed E-state index contributed by atoms with van der Waals surface area (Å²) in [7, 11) is 0. The Kier molecular flexibility index (Phi) is 5.39. The second-order valence-corrected chi connectivity index (χ2v) is 7.76. The molecule has 0 bridgehead atoms. The Morgan fingerprint density at radius 2 is 1.85 bits per heavy atom. The molecule has 0 saturated heterocycles. The van der Waals surface area contributed by atoms with E-state index in [0.717, 1.165) is 23.8 Å². The molecule has 6 heteroatoms. The average molecular weight is 416 g/mol. The SMILES string of the molecule is S=C(NCc1ccccc1)N1CCn2cccc2C1c1ccc(Cl)cc1Cl. The van der Waals surface area contributed by atoms with Crippen molar-refractivity contribution >= 4 is 40.5 Å². The molecular weight excluding hydrogens is 397 g/mol. The summed E-state index contributed by atoms with van der Waals surface area (Å²) >= 11 is 18.4. The van der Waals surface area contributed by atoms with Crippen molar-refractivity contribution in [2.24, 2.45) is 0 Å². The van der Waals surface area contributed by atoms with Gasteiger partial charge >= 0.3 is 0 Å².